The van der Waals surface area contributed by atoms with Crippen molar-refractivity contribution in [3.8, 4) is 0 Å². The van der Waals surface area contributed by atoms with Crippen LogP contribution in [0.25, 0.3) is 0 Å². The van der Waals surface area contributed by atoms with Gasteiger partial charge in [0.15, 0.2) is 0 Å². The third-order valence-electron chi connectivity index (χ3n) is 0. The minimum absolute atomic E-state index is 0. The number of hydrogen-bond donors (Lipinski definition) is 0. The summed E-state index contributed by atoms with van der Waals surface area (Å²) in [6, 6.07) is 0. The van der Waals surface area contributed by atoms with E-state index in [0.717, 1.165) is 0 Å². The van der Waals surface area contributed by atoms with Gasteiger partial charge in [0.25, 0.3) is 0 Å². The fourth-order valence-electron chi connectivity index (χ4n) is 0. The van der Waals surface area contributed by atoms with E-state index in [0.29, 0.717) is 0 Å². The zero-order valence-corrected chi connectivity index (χ0v) is 8.37. The van der Waals surface area contributed by atoms with Gasteiger partial charge >= 0.3 is 77.3 Å². The normalized spacial score (nSPS) is 5.20. The molecule has 0 radical (unpaired) electrons. The Balaban J connectivity index is 0. The van der Waals surface area contributed by atoms with Gasteiger partial charge in [-0.05, 0) is 0 Å². The van der Waals surface area contributed by atoms with E-state index in [-0.39, 0.29) is 45.5 Å². The molecule has 0 saturated heterocycles. The molecule has 0 aliphatic heterocycles. The molecule has 24 valence electrons. The zero-order chi connectivity index (χ0) is 3.58. The summed E-state index contributed by atoms with van der Waals surface area (Å²) >= 11 is -4.29. The molecule has 0 aliphatic carbocycles. The predicted molar refractivity (Wildman–Crippen MR) is 6.44 cm³/mol. The van der Waals surface area contributed by atoms with Crippen LogP contribution in [-0.4, -0.2) is 45.5 Å². The van der Waals surface area contributed by atoms with Crippen LogP contribution in [0.15, 0.2) is 0 Å². The summed E-state index contributed by atoms with van der Waals surface area (Å²) < 4.78 is 25.8. The van der Waals surface area contributed by atoms with E-state index in [2.05, 4.69) is 0 Å². The maximum Gasteiger partial charge on any atom is 2.00 e. The third kappa shape index (κ3) is 23.4. The molecule has 0 aromatic carbocycles. The van der Waals surface area contributed by atoms with Crippen LogP contribution in [0.3, 0.4) is 0 Å². The Morgan fingerprint density at radius 1 is 1.40 bits per heavy atom. The van der Waals surface area contributed by atoms with Crippen molar-refractivity contribution in [2.75, 3.05) is 0 Å². The SMILES string of the molecule is [O]=[Zr]([O-])[O-].[Sr+2]. The molecule has 0 amide bonds. The molecule has 0 atom stereocenters. The van der Waals surface area contributed by atoms with Gasteiger partial charge in [0.05, 0.1) is 0 Å². The molecule has 0 N–H and O–H groups in total. The first-order chi connectivity index (χ1) is 1.73. The molecule has 0 fully saturated rings. The Kier molecular flexibility index (Phi) is 12.3. The average molecular weight is 227 g/mol. The van der Waals surface area contributed by atoms with Gasteiger partial charge in [-0.3, -0.25) is 0 Å². The van der Waals surface area contributed by atoms with Crippen molar-refractivity contribution in [3.63, 3.8) is 0 Å². The first-order valence-electron chi connectivity index (χ1n) is 0.612. The summed E-state index contributed by atoms with van der Waals surface area (Å²) in [6.45, 7) is 0. The van der Waals surface area contributed by atoms with Gasteiger partial charge in [0.1, 0.15) is 0 Å². The molecule has 3 nitrogen and oxygen atoms in total. The van der Waals surface area contributed by atoms with E-state index in [4.69, 9.17) is 9.18 Å². The van der Waals surface area contributed by atoms with Crippen molar-refractivity contribution in [2.45, 2.75) is 0 Å². The van der Waals surface area contributed by atoms with Crippen molar-refractivity contribution in [1.29, 1.82) is 0 Å². The second kappa shape index (κ2) is 6.08. The Morgan fingerprint density at radius 3 is 1.40 bits per heavy atom. The Hall–Kier alpha value is 2.08. The van der Waals surface area contributed by atoms with E-state index in [1.165, 1.54) is 0 Å². The van der Waals surface area contributed by atoms with E-state index < -0.39 is 22.6 Å². The summed E-state index contributed by atoms with van der Waals surface area (Å²) in [7, 11) is 0. The first kappa shape index (κ1) is 10.1. The molecule has 0 aromatic rings. The molecule has 0 spiro atoms. The van der Waals surface area contributed by atoms with Crippen LogP contribution in [0.1, 0.15) is 0 Å². The molecule has 5 heteroatoms. The molecule has 5 heavy (non-hydrogen) atoms. The van der Waals surface area contributed by atoms with Gasteiger partial charge in [0, 0.05) is 0 Å². The number of rotatable bonds is 0. The average Bonchev–Trinajstić information content (AvgIpc) is 0.811. The Bertz CT molecular complexity index is 29.9. The first-order valence-corrected chi connectivity index (χ1v) is 3.62. The van der Waals surface area contributed by atoms with Crippen LogP contribution in [-0.2, 0) is 25.4 Å². The van der Waals surface area contributed by atoms with Crippen molar-refractivity contribution >= 4 is 45.5 Å². The van der Waals surface area contributed by atoms with Crippen LogP contribution < -0.4 is 6.37 Å². The van der Waals surface area contributed by atoms with Crippen LogP contribution in [0.4, 0.5) is 0 Å². The molecular weight excluding hydrogens is 227 g/mol. The number of hydrogen-bond acceptors (Lipinski definition) is 3. The monoisotopic (exact) mass is 226 g/mol. The molecular formula is O3SrZr. The Labute approximate surface area is 75.6 Å². The topological polar surface area (TPSA) is 63.2 Å². The van der Waals surface area contributed by atoms with E-state index in [1.807, 2.05) is 0 Å². The fraction of sp³-hybridized carbons (Fsp3) is 0. The molecule has 0 bridgehead atoms. The molecule has 0 unspecified atom stereocenters. The van der Waals surface area contributed by atoms with Crippen LogP contribution >= 0.6 is 0 Å². The maximum absolute atomic E-state index is 8.61. The van der Waals surface area contributed by atoms with Gasteiger partial charge in [0.2, 0.25) is 0 Å². The summed E-state index contributed by atoms with van der Waals surface area (Å²) in [5.41, 5.74) is 0. The van der Waals surface area contributed by atoms with Crippen molar-refractivity contribution < 1.29 is 31.8 Å². The zero-order valence-electron chi connectivity index (χ0n) is 2.43. The van der Waals surface area contributed by atoms with Gasteiger partial charge in [-0.25, -0.2) is 0 Å². The molecule has 0 saturated carbocycles. The van der Waals surface area contributed by atoms with Crippen molar-refractivity contribution in [2.24, 2.45) is 0 Å². The van der Waals surface area contributed by atoms with Gasteiger partial charge in [-0.15, -0.1) is 0 Å². The Morgan fingerprint density at radius 2 is 1.40 bits per heavy atom. The largest absolute Gasteiger partial charge is 2.00 e. The molecule has 0 heterocycles. The van der Waals surface area contributed by atoms with E-state index in [1.54, 1.807) is 0 Å². The molecule has 0 rings (SSSR count). The summed E-state index contributed by atoms with van der Waals surface area (Å²) in [4.78, 5) is 0. The summed E-state index contributed by atoms with van der Waals surface area (Å²) in [6.07, 6.45) is 0. The van der Waals surface area contributed by atoms with Crippen LogP contribution in [0, 0.1) is 0 Å². The second-order valence-electron chi connectivity index (χ2n) is 0.250. The van der Waals surface area contributed by atoms with Gasteiger partial charge in [-0.2, -0.15) is 0 Å². The summed E-state index contributed by atoms with van der Waals surface area (Å²) in [5, 5.41) is 0. The second-order valence-corrected chi connectivity index (χ2v) is 1.48. The minimum Gasteiger partial charge on any atom is 2.00 e. The minimum atomic E-state index is -4.29. The molecule has 0 aliphatic rings. The maximum atomic E-state index is 8.61. The summed E-state index contributed by atoms with van der Waals surface area (Å²) in [5.74, 6) is 0. The van der Waals surface area contributed by atoms with E-state index in [9.17, 15) is 0 Å². The van der Waals surface area contributed by atoms with Crippen LogP contribution in [0.5, 0.6) is 0 Å². The molecule has 0 aromatic heterocycles. The fourth-order valence-corrected chi connectivity index (χ4v) is 0. The standard InChI is InChI=1S/3O.Sr.Zr/q;2*-1;+2;. The van der Waals surface area contributed by atoms with Crippen LogP contribution in [0.2, 0.25) is 0 Å². The third-order valence-corrected chi connectivity index (χ3v) is 0. The smallest absolute Gasteiger partial charge is 2.00 e. The van der Waals surface area contributed by atoms with Gasteiger partial charge < -0.3 is 0 Å². The van der Waals surface area contributed by atoms with Crippen molar-refractivity contribution in [3.05, 3.63) is 0 Å². The van der Waals surface area contributed by atoms with Crippen molar-refractivity contribution in [1.82, 2.24) is 0 Å². The van der Waals surface area contributed by atoms with E-state index >= 15 is 0 Å². The quantitative estimate of drug-likeness (QED) is 0.417. The predicted octanol–water partition coefficient (Wildman–Crippen LogP) is -2.88. The van der Waals surface area contributed by atoms with Gasteiger partial charge in [-0.1, -0.05) is 0 Å².